The molecule has 0 saturated heterocycles. The molecule has 0 spiro atoms. The van der Waals surface area contributed by atoms with Crippen LogP contribution in [0.5, 0.6) is 0 Å². The zero-order valence-corrected chi connectivity index (χ0v) is 13.9. The third kappa shape index (κ3) is 3.34. The van der Waals surface area contributed by atoms with E-state index in [4.69, 9.17) is 4.74 Å². The van der Waals surface area contributed by atoms with Crippen molar-refractivity contribution >= 4 is 39.0 Å². The lowest BCUT2D eigenvalue weighted by atomic mass is 10.1. The normalized spacial score (nSPS) is 11.0. The minimum atomic E-state index is -0.386. The van der Waals surface area contributed by atoms with Gasteiger partial charge in [0.15, 0.2) is 0 Å². The van der Waals surface area contributed by atoms with Gasteiger partial charge in [-0.15, -0.1) is 23.1 Å². The Kier molecular flexibility index (Phi) is 4.85. The molecule has 0 unspecified atom stereocenters. The Balaban J connectivity index is 2.07. The van der Waals surface area contributed by atoms with Crippen molar-refractivity contribution in [2.24, 2.45) is 0 Å². The number of nitro groups is 1. The van der Waals surface area contributed by atoms with Gasteiger partial charge in [-0.25, -0.2) is 9.97 Å². The van der Waals surface area contributed by atoms with Gasteiger partial charge in [0, 0.05) is 35.9 Å². The van der Waals surface area contributed by atoms with Gasteiger partial charge in [-0.2, -0.15) is 0 Å². The van der Waals surface area contributed by atoms with E-state index in [-0.39, 0.29) is 10.6 Å². The van der Waals surface area contributed by atoms with Crippen LogP contribution in [0, 0.1) is 10.1 Å². The minimum absolute atomic E-state index is 0.0762. The van der Waals surface area contributed by atoms with Crippen molar-refractivity contribution in [1.29, 1.82) is 0 Å². The van der Waals surface area contributed by atoms with Crippen LogP contribution in [-0.2, 0) is 4.74 Å². The van der Waals surface area contributed by atoms with Gasteiger partial charge >= 0.3 is 0 Å². The third-order valence-corrected chi connectivity index (χ3v) is 5.07. The van der Waals surface area contributed by atoms with Gasteiger partial charge in [0.1, 0.15) is 16.2 Å². The number of thiophene rings is 1. The molecule has 0 aliphatic rings. The van der Waals surface area contributed by atoms with Gasteiger partial charge in [0.2, 0.25) is 0 Å². The second-order valence-electron chi connectivity index (χ2n) is 4.66. The van der Waals surface area contributed by atoms with E-state index >= 15 is 0 Å². The molecule has 0 N–H and O–H groups in total. The summed E-state index contributed by atoms with van der Waals surface area (Å²) < 4.78 is 5.08. The molecule has 0 radical (unpaired) electrons. The molecule has 6 nitrogen and oxygen atoms in total. The number of aromatic nitrogens is 2. The van der Waals surface area contributed by atoms with E-state index in [0.717, 1.165) is 32.1 Å². The van der Waals surface area contributed by atoms with Crippen LogP contribution in [0.15, 0.2) is 41.0 Å². The maximum Gasteiger partial charge on any atom is 0.270 e. The molecule has 23 heavy (non-hydrogen) atoms. The number of nitro benzene ring substituents is 1. The molecule has 0 atom stereocenters. The predicted octanol–water partition coefficient (Wildman–Crippen LogP) is 4.01. The Labute approximate surface area is 140 Å². The first-order chi connectivity index (χ1) is 11.2. The van der Waals surface area contributed by atoms with Crippen molar-refractivity contribution in [3.05, 3.63) is 46.1 Å². The van der Waals surface area contributed by atoms with Crippen LogP contribution in [-0.4, -0.2) is 34.4 Å². The molecule has 0 amide bonds. The topological polar surface area (TPSA) is 78.2 Å². The highest BCUT2D eigenvalue weighted by Crippen LogP contribution is 2.38. The molecule has 0 fully saturated rings. The average Bonchev–Trinajstić information content (AvgIpc) is 3.00. The summed E-state index contributed by atoms with van der Waals surface area (Å²) in [6.07, 6.45) is 1.55. The van der Waals surface area contributed by atoms with E-state index in [1.54, 1.807) is 37.3 Å². The highest BCUT2D eigenvalue weighted by Gasteiger charge is 2.15. The number of thioether (sulfide) groups is 1. The Morgan fingerprint density at radius 1 is 1.39 bits per heavy atom. The molecule has 118 valence electrons. The molecule has 0 aliphatic carbocycles. The Hall–Kier alpha value is -2.03. The van der Waals surface area contributed by atoms with Crippen LogP contribution in [0.2, 0.25) is 0 Å². The van der Waals surface area contributed by atoms with Crippen molar-refractivity contribution in [1.82, 2.24) is 9.97 Å². The van der Waals surface area contributed by atoms with Crippen LogP contribution < -0.4 is 0 Å². The van der Waals surface area contributed by atoms with Gasteiger partial charge in [0.25, 0.3) is 5.69 Å². The van der Waals surface area contributed by atoms with Gasteiger partial charge in [0.05, 0.1) is 16.9 Å². The molecule has 3 rings (SSSR count). The lowest BCUT2D eigenvalue weighted by Crippen LogP contribution is -1.93. The van der Waals surface area contributed by atoms with E-state index in [0.29, 0.717) is 6.61 Å². The first-order valence-electron chi connectivity index (χ1n) is 6.79. The van der Waals surface area contributed by atoms with Crippen LogP contribution in [0.25, 0.3) is 21.3 Å². The maximum atomic E-state index is 11.0. The highest BCUT2D eigenvalue weighted by atomic mass is 32.2. The van der Waals surface area contributed by atoms with E-state index in [2.05, 4.69) is 9.97 Å². The smallest absolute Gasteiger partial charge is 0.270 e. The van der Waals surface area contributed by atoms with E-state index in [1.807, 2.05) is 11.4 Å². The molecule has 2 aromatic heterocycles. The maximum absolute atomic E-state index is 11.0. The summed E-state index contributed by atoms with van der Waals surface area (Å²) in [4.78, 5) is 20.1. The van der Waals surface area contributed by atoms with Crippen molar-refractivity contribution < 1.29 is 9.66 Å². The SMILES string of the molecule is COCCSc1ncnc2scc(-c3cccc([N+](=O)[O-])c3)c12. The Morgan fingerprint density at radius 2 is 2.26 bits per heavy atom. The largest absolute Gasteiger partial charge is 0.384 e. The molecule has 0 bridgehead atoms. The molecule has 0 aliphatic heterocycles. The number of rotatable bonds is 6. The van der Waals surface area contributed by atoms with Crippen molar-refractivity contribution in [2.45, 2.75) is 5.03 Å². The first kappa shape index (κ1) is 15.9. The Morgan fingerprint density at radius 3 is 3.04 bits per heavy atom. The van der Waals surface area contributed by atoms with E-state index in [9.17, 15) is 10.1 Å². The van der Waals surface area contributed by atoms with Crippen LogP contribution >= 0.6 is 23.1 Å². The number of nitrogens with zero attached hydrogens (tertiary/aromatic N) is 3. The van der Waals surface area contributed by atoms with Crippen LogP contribution in [0.3, 0.4) is 0 Å². The summed E-state index contributed by atoms with van der Waals surface area (Å²) >= 11 is 3.11. The summed E-state index contributed by atoms with van der Waals surface area (Å²) in [7, 11) is 1.66. The number of non-ortho nitro benzene ring substituents is 1. The number of ether oxygens (including phenoxy) is 1. The highest BCUT2D eigenvalue weighted by molar-refractivity contribution is 7.99. The number of hydrogen-bond donors (Lipinski definition) is 0. The third-order valence-electron chi connectivity index (χ3n) is 3.23. The molecule has 3 aromatic rings. The minimum Gasteiger partial charge on any atom is -0.384 e. The second-order valence-corrected chi connectivity index (χ2v) is 6.60. The zero-order valence-electron chi connectivity index (χ0n) is 12.3. The number of hydrogen-bond acceptors (Lipinski definition) is 7. The summed E-state index contributed by atoms with van der Waals surface area (Å²) in [6.45, 7) is 0.631. The molecular weight excluding hydrogens is 334 g/mol. The van der Waals surface area contributed by atoms with Crippen LogP contribution in [0.1, 0.15) is 0 Å². The zero-order chi connectivity index (χ0) is 16.2. The van der Waals surface area contributed by atoms with Crippen molar-refractivity contribution in [3.63, 3.8) is 0 Å². The lowest BCUT2D eigenvalue weighted by molar-refractivity contribution is -0.384. The first-order valence-corrected chi connectivity index (χ1v) is 8.66. The second kappa shape index (κ2) is 7.03. The molecule has 0 saturated carbocycles. The Bertz CT molecular complexity index is 851. The fourth-order valence-electron chi connectivity index (χ4n) is 2.18. The fourth-order valence-corrected chi connectivity index (χ4v) is 4.07. The average molecular weight is 347 g/mol. The summed E-state index contributed by atoms with van der Waals surface area (Å²) in [6, 6.07) is 6.63. The van der Waals surface area contributed by atoms with E-state index in [1.165, 1.54) is 17.4 Å². The number of benzene rings is 1. The molecule has 1 aromatic carbocycles. The van der Waals surface area contributed by atoms with Crippen molar-refractivity contribution in [3.8, 4) is 11.1 Å². The molecular formula is C15H13N3O3S2. The quantitative estimate of drug-likeness (QED) is 0.220. The summed E-state index contributed by atoms with van der Waals surface area (Å²) in [5.74, 6) is 0.785. The van der Waals surface area contributed by atoms with Gasteiger partial charge < -0.3 is 4.74 Å². The van der Waals surface area contributed by atoms with Gasteiger partial charge in [-0.1, -0.05) is 12.1 Å². The monoisotopic (exact) mass is 347 g/mol. The van der Waals surface area contributed by atoms with Crippen LogP contribution in [0.4, 0.5) is 5.69 Å². The molecule has 8 heteroatoms. The number of fused-ring (bicyclic) bond motifs is 1. The predicted molar refractivity (Wildman–Crippen MR) is 92.1 cm³/mol. The molecule has 2 heterocycles. The fraction of sp³-hybridized carbons (Fsp3) is 0.200. The standard InChI is InChI=1S/C15H13N3O3S2/c1-21-5-6-22-14-13-12(8-23-15(13)17-9-16-14)10-3-2-4-11(7-10)18(19)20/h2-4,7-9H,5-6H2,1H3. The summed E-state index contributed by atoms with van der Waals surface area (Å²) in [5.41, 5.74) is 1.80. The van der Waals surface area contributed by atoms with Gasteiger partial charge in [-0.3, -0.25) is 10.1 Å². The van der Waals surface area contributed by atoms with Crippen molar-refractivity contribution in [2.75, 3.05) is 19.5 Å². The summed E-state index contributed by atoms with van der Waals surface area (Å²) in [5, 5.41) is 14.8. The van der Waals surface area contributed by atoms with E-state index < -0.39 is 0 Å². The lowest BCUT2D eigenvalue weighted by Gasteiger charge is -2.05. The van der Waals surface area contributed by atoms with Gasteiger partial charge in [-0.05, 0) is 5.56 Å². The number of methoxy groups -OCH3 is 1.